The quantitative estimate of drug-likeness (QED) is 0.904. The summed E-state index contributed by atoms with van der Waals surface area (Å²) >= 11 is 0. The number of hydrogen-bond acceptors (Lipinski definition) is 2. The van der Waals surface area contributed by atoms with E-state index in [1.807, 2.05) is 43.4 Å². The topological polar surface area (TPSA) is 23.5 Å². The molecule has 2 aromatic carbocycles. The lowest BCUT2D eigenvalue weighted by Crippen LogP contribution is -2.24. The molecule has 0 radical (unpaired) electrons. The molecule has 0 aromatic heterocycles. The van der Waals surface area contributed by atoms with E-state index in [0.717, 1.165) is 11.3 Å². The molecule has 19 heavy (non-hydrogen) atoms. The first-order valence-electron chi connectivity index (χ1n) is 6.59. The molecule has 0 spiro atoms. The van der Waals surface area contributed by atoms with Crippen molar-refractivity contribution in [1.82, 2.24) is 0 Å². The van der Waals surface area contributed by atoms with Crippen LogP contribution in [-0.2, 0) is 0 Å². The van der Waals surface area contributed by atoms with Crippen molar-refractivity contribution in [3.8, 4) is 0 Å². The lowest BCUT2D eigenvalue weighted by molar-refractivity contribution is 0.185. The Bertz CT molecular complexity index is 536. The molecule has 0 bridgehead atoms. The van der Waals surface area contributed by atoms with Gasteiger partial charge in [-0.15, -0.1) is 0 Å². The zero-order valence-corrected chi connectivity index (χ0v) is 11.8. The molecule has 1 unspecified atom stereocenters. The third kappa shape index (κ3) is 3.36. The lowest BCUT2D eigenvalue weighted by atomic mass is 10.0. The number of aliphatic hydroxyl groups excluding tert-OH is 1. The van der Waals surface area contributed by atoms with Crippen LogP contribution in [0.5, 0.6) is 0 Å². The van der Waals surface area contributed by atoms with Crippen LogP contribution in [0.25, 0.3) is 0 Å². The maximum Gasteiger partial charge on any atom is 0.0964 e. The molecule has 100 valence electrons. The van der Waals surface area contributed by atoms with Crippen LogP contribution in [0.4, 0.5) is 5.69 Å². The van der Waals surface area contributed by atoms with E-state index in [1.165, 1.54) is 11.1 Å². The number of para-hydroxylation sites is 1. The van der Waals surface area contributed by atoms with Gasteiger partial charge in [0.25, 0.3) is 0 Å². The number of likely N-dealkylation sites (N-methyl/N-ethyl adjacent to an activating group) is 1. The Balaban J connectivity index is 2.08. The van der Waals surface area contributed by atoms with E-state index in [-0.39, 0.29) is 0 Å². The van der Waals surface area contributed by atoms with E-state index in [9.17, 15) is 5.11 Å². The second-order valence-corrected chi connectivity index (χ2v) is 5.08. The predicted molar refractivity (Wildman–Crippen MR) is 80.6 cm³/mol. The van der Waals surface area contributed by atoms with Gasteiger partial charge < -0.3 is 10.0 Å². The van der Waals surface area contributed by atoms with Gasteiger partial charge in [0.2, 0.25) is 0 Å². The highest BCUT2D eigenvalue weighted by molar-refractivity contribution is 5.45. The Morgan fingerprint density at radius 2 is 1.68 bits per heavy atom. The van der Waals surface area contributed by atoms with Gasteiger partial charge in [0.05, 0.1) is 6.10 Å². The summed E-state index contributed by atoms with van der Waals surface area (Å²) in [7, 11) is 2.00. The van der Waals surface area contributed by atoms with Gasteiger partial charge >= 0.3 is 0 Å². The van der Waals surface area contributed by atoms with Crippen LogP contribution >= 0.6 is 0 Å². The minimum absolute atomic E-state index is 0.468. The van der Waals surface area contributed by atoms with Crippen molar-refractivity contribution >= 4 is 5.69 Å². The summed E-state index contributed by atoms with van der Waals surface area (Å²) in [6.45, 7) is 4.75. The van der Waals surface area contributed by atoms with Crippen molar-refractivity contribution in [2.45, 2.75) is 20.0 Å². The maximum atomic E-state index is 10.3. The summed E-state index contributed by atoms with van der Waals surface area (Å²) in [5.41, 5.74) is 4.57. The molecule has 0 saturated heterocycles. The molecule has 2 rings (SSSR count). The van der Waals surface area contributed by atoms with Gasteiger partial charge in [0, 0.05) is 19.3 Å². The van der Waals surface area contributed by atoms with Gasteiger partial charge in [0.1, 0.15) is 0 Å². The number of benzene rings is 2. The van der Waals surface area contributed by atoms with Gasteiger partial charge in [-0.1, -0.05) is 36.4 Å². The van der Waals surface area contributed by atoms with Gasteiger partial charge in [-0.05, 0) is 42.7 Å². The molecule has 0 saturated carbocycles. The zero-order chi connectivity index (χ0) is 13.8. The van der Waals surface area contributed by atoms with Crippen molar-refractivity contribution < 1.29 is 5.11 Å². The molecular weight excluding hydrogens is 234 g/mol. The number of aliphatic hydroxyl groups is 1. The van der Waals surface area contributed by atoms with Crippen LogP contribution in [0.2, 0.25) is 0 Å². The van der Waals surface area contributed by atoms with Crippen molar-refractivity contribution in [3.05, 3.63) is 65.2 Å². The molecule has 2 nitrogen and oxygen atoms in total. The minimum Gasteiger partial charge on any atom is -0.387 e. The Hall–Kier alpha value is -1.80. The first-order valence-corrected chi connectivity index (χ1v) is 6.59. The second-order valence-electron chi connectivity index (χ2n) is 5.08. The van der Waals surface area contributed by atoms with E-state index < -0.39 is 6.10 Å². The average molecular weight is 255 g/mol. The molecule has 1 atom stereocenters. The first kappa shape index (κ1) is 13.6. The number of hydrogen-bond donors (Lipinski definition) is 1. The monoisotopic (exact) mass is 255 g/mol. The Labute approximate surface area is 115 Å². The van der Waals surface area contributed by atoms with Gasteiger partial charge in [0.15, 0.2) is 0 Å². The molecule has 0 aliphatic heterocycles. The SMILES string of the molecule is Cc1ccc(C(O)CN(C)c2ccccc2)cc1C. The van der Waals surface area contributed by atoms with E-state index >= 15 is 0 Å². The predicted octanol–water partition coefficient (Wildman–Crippen LogP) is 3.47. The minimum atomic E-state index is -0.468. The van der Waals surface area contributed by atoms with Crippen LogP contribution in [0, 0.1) is 13.8 Å². The smallest absolute Gasteiger partial charge is 0.0964 e. The molecule has 0 heterocycles. The Morgan fingerprint density at radius 1 is 1.00 bits per heavy atom. The van der Waals surface area contributed by atoms with Crippen molar-refractivity contribution in [1.29, 1.82) is 0 Å². The fourth-order valence-electron chi connectivity index (χ4n) is 2.12. The van der Waals surface area contributed by atoms with E-state index in [1.54, 1.807) is 0 Å². The van der Waals surface area contributed by atoms with Crippen LogP contribution in [-0.4, -0.2) is 18.7 Å². The zero-order valence-electron chi connectivity index (χ0n) is 11.8. The summed E-state index contributed by atoms with van der Waals surface area (Å²) < 4.78 is 0. The molecular formula is C17H21NO. The molecule has 2 aromatic rings. The highest BCUT2D eigenvalue weighted by Crippen LogP contribution is 2.20. The normalized spacial score (nSPS) is 12.2. The second kappa shape index (κ2) is 5.89. The largest absolute Gasteiger partial charge is 0.387 e. The third-order valence-corrected chi connectivity index (χ3v) is 3.56. The van der Waals surface area contributed by atoms with E-state index in [4.69, 9.17) is 0 Å². The number of anilines is 1. The van der Waals surface area contributed by atoms with Crippen molar-refractivity contribution in [3.63, 3.8) is 0 Å². The highest BCUT2D eigenvalue weighted by atomic mass is 16.3. The Morgan fingerprint density at radius 3 is 2.32 bits per heavy atom. The van der Waals surface area contributed by atoms with Crippen LogP contribution in [0.15, 0.2) is 48.5 Å². The van der Waals surface area contributed by atoms with Crippen LogP contribution < -0.4 is 4.90 Å². The summed E-state index contributed by atoms with van der Waals surface area (Å²) in [5, 5.41) is 10.3. The fourth-order valence-corrected chi connectivity index (χ4v) is 2.12. The van der Waals surface area contributed by atoms with E-state index in [0.29, 0.717) is 6.54 Å². The Kier molecular flexibility index (Phi) is 4.23. The summed E-state index contributed by atoms with van der Waals surface area (Å²) in [6, 6.07) is 16.3. The van der Waals surface area contributed by atoms with Gasteiger partial charge in [-0.25, -0.2) is 0 Å². The van der Waals surface area contributed by atoms with Crippen LogP contribution in [0.1, 0.15) is 22.8 Å². The van der Waals surface area contributed by atoms with Crippen LogP contribution in [0.3, 0.4) is 0 Å². The number of rotatable bonds is 4. The molecule has 0 aliphatic rings. The molecule has 2 heteroatoms. The summed E-state index contributed by atoms with van der Waals surface area (Å²) in [5.74, 6) is 0. The summed E-state index contributed by atoms with van der Waals surface area (Å²) in [4.78, 5) is 2.07. The molecule has 0 amide bonds. The molecule has 1 N–H and O–H groups in total. The fraction of sp³-hybridized carbons (Fsp3) is 0.294. The third-order valence-electron chi connectivity index (χ3n) is 3.56. The van der Waals surface area contributed by atoms with Gasteiger partial charge in [-0.3, -0.25) is 0 Å². The number of nitrogens with zero attached hydrogens (tertiary/aromatic N) is 1. The van der Waals surface area contributed by atoms with Gasteiger partial charge in [-0.2, -0.15) is 0 Å². The van der Waals surface area contributed by atoms with E-state index in [2.05, 4.69) is 30.9 Å². The van der Waals surface area contributed by atoms with Crippen molar-refractivity contribution in [2.24, 2.45) is 0 Å². The lowest BCUT2D eigenvalue weighted by Gasteiger charge is -2.23. The number of aryl methyl sites for hydroxylation is 2. The average Bonchev–Trinajstić information content (AvgIpc) is 2.42. The first-order chi connectivity index (χ1) is 9.08. The molecule has 0 fully saturated rings. The maximum absolute atomic E-state index is 10.3. The standard InChI is InChI=1S/C17H21NO/c1-13-9-10-15(11-14(13)2)17(19)12-18(3)16-7-5-4-6-8-16/h4-11,17,19H,12H2,1-3H3. The van der Waals surface area contributed by atoms with Crippen molar-refractivity contribution in [2.75, 3.05) is 18.5 Å². The summed E-state index contributed by atoms with van der Waals surface area (Å²) in [6.07, 6.45) is -0.468. The molecule has 0 aliphatic carbocycles. The highest BCUT2D eigenvalue weighted by Gasteiger charge is 2.11.